The highest BCUT2D eigenvalue weighted by Crippen LogP contribution is 2.39. The molecule has 0 bridgehead atoms. The third kappa shape index (κ3) is 1.49. The Labute approximate surface area is 90.1 Å². The molecule has 0 aromatic carbocycles. The van der Waals surface area contributed by atoms with Gasteiger partial charge in [-0.3, -0.25) is 0 Å². The Kier molecular flexibility index (Phi) is 2.09. The second kappa shape index (κ2) is 3.34. The van der Waals surface area contributed by atoms with Crippen LogP contribution in [0.4, 0.5) is 0 Å². The van der Waals surface area contributed by atoms with Crippen molar-refractivity contribution in [2.45, 2.75) is 56.4 Å². The zero-order valence-electron chi connectivity index (χ0n) is 9.04. The van der Waals surface area contributed by atoms with Gasteiger partial charge in [0, 0.05) is 5.92 Å². The molecule has 2 aliphatic rings. The Morgan fingerprint density at radius 2 is 2.00 bits per heavy atom. The molecular weight excluding hydrogens is 188 g/mol. The van der Waals surface area contributed by atoms with Gasteiger partial charge in [-0.25, -0.2) is 4.98 Å². The predicted molar refractivity (Wildman–Crippen MR) is 57.4 cm³/mol. The van der Waals surface area contributed by atoms with Gasteiger partial charge in [0.15, 0.2) is 0 Å². The molecule has 3 heteroatoms. The second-order valence-electron chi connectivity index (χ2n) is 5.07. The fourth-order valence-corrected chi connectivity index (χ4v) is 2.63. The molecule has 2 aliphatic carbocycles. The summed E-state index contributed by atoms with van der Waals surface area (Å²) in [7, 11) is 0. The van der Waals surface area contributed by atoms with Crippen molar-refractivity contribution in [3.8, 4) is 0 Å². The van der Waals surface area contributed by atoms with Crippen LogP contribution in [-0.2, 0) is 5.54 Å². The molecule has 0 aliphatic heterocycles. The number of nitrogens with zero attached hydrogens (tertiary/aromatic N) is 1. The lowest BCUT2D eigenvalue weighted by Crippen LogP contribution is -2.33. The lowest BCUT2D eigenvalue weighted by atomic mass is 9.83. The molecule has 2 N–H and O–H groups in total. The van der Waals surface area contributed by atoms with Gasteiger partial charge in [-0.2, -0.15) is 0 Å². The third-order valence-electron chi connectivity index (χ3n) is 3.97. The van der Waals surface area contributed by atoms with Crippen molar-refractivity contribution < 1.29 is 4.42 Å². The summed E-state index contributed by atoms with van der Waals surface area (Å²) < 4.78 is 5.57. The molecule has 2 fully saturated rings. The molecule has 0 amide bonds. The quantitative estimate of drug-likeness (QED) is 0.809. The van der Waals surface area contributed by atoms with Crippen molar-refractivity contribution in [1.29, 1.82) is 0 Å². The zero-order valence-corrected chi connectivity index (χ0v) is 9.04. The number of nitrogens with two attached hydrogens (primary N) is 1. The Bertz CT molecular complexity index is 348. The van der Waals surface area contributed by atoms with Crippen LogP contribution in [0.5, 0.6) is 0 Å². The van der Waals surface area contributed by atoms with Gasteiger partial charge in [0.05, 0.1) is 11.2 Å². The summed E-state index contributed by atoms with van der Waals surface area (Å²) in [5.41, 5.74) is 7.17. The molecule has 1 aromatic heterocycles. The summed E-state index contributed by atoms with van der Waals surface area (Å²) in [4.78, 5) is 4.59. The van der Waals surface area contributed by atoms with Crippen molar-refractivity contribution in [1.82, 2.24) is 4.98 Å². The molecule has 1 heterocycles. The van der Waals surface area contributed by atoms with Crippen LogP contribution in [0, 0.1) is 0 Å². The Morgan fingerprint density at radius 1 is 1.27 bits per heavy atom. The highest BCUT2D eigenvalue weighted by molar-refractivity contribution is 5.13. The van der Waals surface area contributed by atoms with E-state index in [1.165, 1.54) is 32.1 Å². The Balaban J connectivity index is 1.82. The molecule has 15 heavy (non-hydrogen) atoms. The molecule has 3 nitrogen and oxygen atoms in total. The first-order valence-electron chi connectivity index (χ1n) is 6.03. The van der Waals surface area contributed by atoms with Gasteiger partial charge in [0.2, 0.25) is 5.89 Å². The average Bonchev–Trinajstić information content (AvgIpc) is 2.71. The first kappa shape index (κ1) is 9.40. The zero-order chi connectivity index (χ0) is 10.3. The van der Waals surface area contributed by atoms with E-state index in [0.717, 1.165) is 24.4 Å². The van der Waals surface area contributed by atoms with Gasteiger partial charge in [0.25, 0.3) is 0 Å². The van der Waals surface area contributed by atoms with Crippen LogP contribution in [0.25, 0.3) is 0 Å². The number of oxazole rings is 1. The molecular formula is C12H18N2O. The van der Waals surface area contributed by atoms with Gasteiger partial charge in [-0.15, -0.1) is 0 Å². The molecule has 3 rings (SSSR count). The van der Waals surface area contributed by atoms with E-state index in [9.17, 15) is 0 Å². The van der Waals surface area contributed by atoms with Crippen molar-refractivity contribution in [2.75, 3.05) is 0 Å². The number of hydrogen-bond acceptors (Lipinski definition) is 3. The molecule has 0 unspecified atom stereocenters. The van der Waals surface area contributed by atoms with E-state index in [0.29, 0.717) is 5.92 Å². The van der Waals surface area contributed by atoms with Crippen molar-refractivity contribution >= 4 is 0 Å². The van der Waals surface area contributed by atoms with Crippen LogP contribution in [0.3, 0.4) is 0 Å². The van der Waals surface area contributed by atoms with E-state index in [1.807, 2.05) is 6.26 Å². The predicted octanol–water partition coefficient (Wildman–Crippen LogP) is 2.67. The first-order valence-corrected chi connectivity index (χ1v) is 6.03. The molecule has 0 atom stereocenters. The first-order chi connectivity index (χ1) is 7.28. The number of hydrogen-bond donors (Lipinski definition) is 1. The van der Waals surface area contributed by atoms with E-state index in [1.54, 1.807) is 0 Å². The normalized spacial score (nSPS) is 25.4. The fraction of sp³-hybridized carbons (Fsp3) is 0.750. The maximum atomic E-state index is 6.30. The van der Waals surface area contributed by atoms with Crippen LogP contribution >= 0.6 is 0 Å². The lowest BCUT2D eigenvalue weighted by molar-refractivity contribution is 0.335. The summed E-state index contributed by atoms with van der Waals surface area (Å²) in [6.45, 7) is 0. The van der Waals surface area contributed by atoms with Crippen LogP contribution in [0.15, 0.2) is 10.7 Å². The second-order valence-corrected chi connectivity index (χ2v) is 5.07. The Morgan fingerprint density at radius 3 is 2.60 bits per heavy atom. The largest absolute Gasteiger partial charge is 0.447 e. The minimum absolute atomic E-state index is 0.262. The SMILES string of the molecule is NC1(c2nc(C3CCC3)co2)CCCC1. The summed E-state index contributed by atoms with van der Waals surface area (Å²) in [5.74, 6) is 1.43. The molecule has 2 saturated carbocycles. The molecule has 1 aromatic rings. The van der Waals surface area contributed by atoms with E-state index >= 15 is 0 Å². The van der Waals surface area contributed by atoms with E-state index in [4.69, 9.17) is 10.2 Å². The summed E-state index contributed by atoms with van der Waals surface area (Å²) in [5, 5.41) is 0. The van der Waals surface area contributed by atoms with E-state index < -0.39 is 0 Å². The van der Waals surface area contributed by atoms with Gasteiger partial charge in [-0.1, -0.05) is 19.3 Å². The monoisotopic (exact) mass is 206 g/mol. The van der Waals surface area contributed by atoms with Crippen LogP contribution < -0.4 is 5.73 Å². The third-order valence-corrected chi connectivity index (χ3v) is 3.97. The topological polar surface area (TPSA) is 52.0 Å². The van der Waals surface area contributed by atoms with Crippen LogP contribution in [-0.4, -0.2) is 4.98 Å². The number of aromatic nitrogens is 1. The highest BCUT2D eigenvalue weighted by atomic mass is 16.3. The van der Waals surface area contributed by atoms with Gasteiger partial charge in [-0.05, 0) is 25.7 Å². The van der Waals surface area contributed by atoms with Gasteiger partial charge in [0.1, 0.15) is 6.26 Å². The van der Waals surface area contributed by atoms with Crippen molar-refractivity contribution in [3.63, 3.8) is 0 Å². The van der Waals surface area contributed by atoms with E-state index in [-0.39, 0.29) is 5.54 Å². The van der Waals surface area contributed by atoms with Crippen molar-refractivity contribution in [3.05, 3.63) is 17.8 Å². The molecule has 0 saturated heterocycles. The standard InChI is InChI=1S/C12H18N2O/c13-12(6-1-2-7-12)11-14-10(8-15-11)9-4-3-5-9/h8-9H,1-7,13H2. The summed E-state index contributed by atoms with van der Waals surface area (Å²) >= 11 is 0. The molecule has 0 radical (unpaired) electrons. The highest BCUT2D eigenvalue weighted by Gasteiger charge is 2.36. The van der Waals surface area contributed by atoms with Crippen molar-refractivity contribution in [2.24, 2.45) is 5.73 Å². The van der Waals surface area contributed by atoms with Crippen LogP contribution in [0.1, 0.15) is 62.4 Å². The maximum Gasteiger partial charge on any atom is 0.214 e. The van der Waals surface area contributed by atoms with Gasteiger partial charge >= 0.3 is 0 Å². The Hall–Kier alpha value is -0.830. The molecule has 82 valence electrons. The van der Waals surface area contributed by atoms with Crippen LogP contribution in [0.2, 0.25) is 0 Å². The average molecular weight is 206 g/mol. The fourth-order valence-electron chi connectivity index (χ4n) is 2.63. The summed E-state index contributed by atoms with van der Waals surface area (Å²) in [6, 6.07) is 0. The number of rotatable bonds is 2. The minimum atomic E-state index is -0.262. The van der Waals surface area contributed by atoms with E-state index in [2.05, 4.69) is 4.98 Å². The molecule has 0 spiro atoms. The minimum Gasteiger partial charge on any atom is -0.447 e. The smallest absolute Gasteiger partial charge is 0.214 e. The van der Waals surface area contributed by atoms with Gasteiger partial charge < -0.3 is 10.2 Å². The summed E-state index contributed by atoms with van der Waals surface area (Å²) in [6.07, 6.45) is 10.2. The lowest BCUT2D eigenvalue weighted by Gasteiger charge is -2.23. The maximum absolute atomic E-state index is 6.30.